The number of aryl methyl sites for hydroxylation is 1. The molecule has 9 heteroatoms. The van der Waals surface area contributed by atoms with E-state index in [0.717, 1.165) is 17.4 Å². The minimum atomic E-state index is -4.60. The molecule has 0 aliphatic carbocycles. The quantitative estimate of drug-likeness (QED) is 0.702. The van der Waals surface area contributed by atoms with Crippen LogP contribution in [0.25, 0.3) is 10.2 Å². The van der Waals surface area contributed by atoms with E-state index in [1.807, 2.05) is 0 Å². The largest absolute Gasteiger partial charge is 0.497 e. The van der Waals surface area contributed by atoms with Crippen molar-refractivity contribution in [1.82, 2.24) is 4.98 Å². The first-order valence-corrected chi connectivity index (χ1v) is 8.24. The summed E-state index contributed by atoms with van der Waals surface area (Å²) in [6.45, 7) is 1.46. The van der Waals surface area contributed by atoms with E-state index in [4.69, 9.17) is 10.5 Å². The number of nitrogens with zero attached hydrogens (tertiary/aromatic N) is 1. The van der Waals surface area contributed by atoms with Crippen LogP contribution in [0.5, 0.6) is 5.75 Å². The summed E-state index contributed by atoms with van der Waals surface area (Å²) in [4.78, 5) is 16.7. The third-order valence-electron chi connectivity index (χ3n) is 3.67. The standard InChI is InChI=1S/C17H14F3N3O2S/c1-8-6-11(17(18,19)20)12-13(21)14(26-16(12)22-8)15(24)23-9-4-3-5-10(7-9)25-2/h3-7H,21H2,1-2H3,(H,23,24). The molecule has 0 saturated heterocycles. The van der Waals surface area contributed by atoms with Gasteiger partial charge in [0, 0.05) is 22.8 Å². The number of benzene rings is 1. The van der Waals surface area contributed by atoms with Crippen molar-refractivity contribution in [2.45, 2.75) is 13.1 Å². The fraction of sp³-hybridized carbons (Fsp3) is 0.176. The summed E-state index contributed by atoms with van der Waals surface area (Å²) in [7, 11) is 1.48. The van der Waals surface area contributed by atoms with Crippen molar-refractivity contribution < 1.29 is 22.7 Å². The summed E-state index contributed by atoms with van der Waals surface area (Å²) < 4.78 is 45.0. The number of rotatable bonds is 3. The molecule has 3 N–H and O–H groups in total. The van der Waals surface area contributed by atoms with Crippen molar-refractivity contribution in [3.8, 4) is 5.75 Å². The van der Waals surface area contributed by atoms with Gasteiger partial charge in [0.2, 0.25) is 0 Å². The number of amides is 1. The Labute approximate surface area is 150 Å². The van der Waals surface area contributed by atoms with Crippen LogP contribution in [-0.2, 0) is 6.18 Å². The van der Waals surface area contributed by atoms with E-state index in [1.54, 1.807) is 24.3 Å². The summed E-state index contributed by atoms with van der Waals surface area (Å²) in [5, 5.41) is 2.36. The lowest BCUT2D eigenvalue weighted by molar-refractivity contribution is -0.136. The molecule has 1 amide bonds. The maximum Gasteiger partial charge on any atom is 0.417 e. The van der Waals surface area contributed by atoms with Crippen molar-refractivity contribution in [2.24, 2.45) is 0 Å². The average molecular weight is 381 g/mol. The highest BCUT2D eigenvalue weighted by Crippen LogP contribution is 2.42. The highest BCUT2D eigenvalue weighted by molar-refractivity contribution is 7.21. The zero-order chi connectivity index (χ0) is 19.1. The highest BCUT2D eigenvalue weighted by atomic mass is 32.1. The van der Waals surface area contributed by atoms with Crippen LogP contribution in [0.15, 0.2) is 30.3 Å². The molecule has 0 saturated carbocycles. The van der Waals surface area contributed by atoms with Gasteiger partial charge in [-0.1, -0.05) is 6.07 Å². The number of nitrogens with two attached hydrogens (primary N) is 1. The molecule has 26 heavy (non-hydrogen) atoms. The lowest BCUT2D eigenvalue weighted by atomic mass is 10.1. The summed E-state index contributed by atoms with van der Waals surface area (Å²) >= 11 is 0.826. The van der Waals surface area contributed by atoms with Crippen LogP contribution in [0, 0.1) is 6.92 Å². The normalized spacial score (nSPS) is 11.6. The molecule has 0 spiro atoms. The Morgan fingerprint density at radius 1 is 1.31 bits per heavy atom. The van der Waals surface area contributed by atoms with Crippen LogP contribution in [0.1, 0.15) is 20.9 Å². The second-order valence-electron chi connectivity index (χ2n) is 5.52. The van der Waals surface area contributed by atoms with Gasteiger partial charge < -0.3 is 15.8 Å². The Kier molecular flexibility index (Phi) is 4.49. The van der Waals surface area contributed by atoms with Gasteiger partial charge in [-0.3, -0.25) is 4.79 Å². The maximum atomic E-state index is 13.3. The summed E-state index contributed by atoms with van der Waals surface area (Å²) in [5.41, 5.74) is 5.39. The van der Waals surface area contributed by atoms with Crippen LogP contribution in [0.3, 0.4) is 0 Å². The fourth-order valence-electron chi connectivity index (χ4n) is 2.52. The van der Waals surface area contributed by atoms with Crippen molar-refractivity contribution in [2.75, 3.05) is 18.2 Å². The van der Waals surface area contributed by atoms with Gasteiger partial charge in [0.15, 0.2) is 0 Å². The number of pyridine rings is 1. The van der Waals surface area contributed by atoms with Crippen LogP contribution in [0.2, 0.25) is 0 Å². The van der Waals surface area contributed by atoms with Gasteiger partial charge >= 0.3 is 6.18 Å². The number of alkyl halides is 3. The zero-order valence-corrected chi connectivity index (χ0v) is 14.6. The van der Waals surface area contributed by atoms with E-state index in [1.165, 1.54) is 14.0 Å². The van der Waals surface area contributed by atoms with Crippen LogP contribution in [0.4, 0.5) is 24.5 Å². The van der Waals surface area contributed by atoms with E-state index >= 15 is 0 Å². The number of aromatic nitrogens is 1. The lowest BCUT2D eigenvalue weighted by Gasteiger charge is -2.10. The molecule has 136 valence electrons. The number of carbonyl (C=O) groups excluding carboxylic acids is 1. The molecule has 0 aliphatic heterocycles. The topological polar surface area (TPSA) is 77.2 Å². The number of halogens is 3. The first-order valence-electron chi connectivity index (χ1n) is 7.43. The van der Waals surface area contributed by atoms with Crippen molar-refractivity contribution in [3.05, 3.63) is 46.5 Å². The van der Waals surface area contributed by atoms with E-state index in [9.17, 15) is 18.0 Å². The Bertz CT molecular complexity index is 999. The predicted molar refractivity (Wildman–Crippen MR) is 94.7 cm³/mol. The van der Waals surface area contributed by atoms with Crippen molar-refractivity contribution in [1.29, 1.82) is 0 Å². The Morgan fingerprint density at radius 2 is 2.04 bits per heavy atom. The molecule has 0 fully saturated rings. The first-order chi connectivity index (χ1) is 12.2. The number of anilines is 2. The average Bonchev–Trinajstić information content (AvgIpc) is 2.90. The molecule has 0 aliphatic rings. The van der Waals surface area contributed by atoms with Crippen molar-refractivity contribution in [3.63, 3.8) is 0 Å². The summed E-state index contributed by atoms with van der Waals surface area (Å²) in [6.07, 6.45) is -4.60. The Hall–Kier alpha value is -2.81. The van der Waals surface area contributed by atoms with Gasteiger partial charge in [0.1, 0.15) is 15.5 Å². The smallest absolute Gasteiger partial charge is 0.417 e. The molecule has 0 radical (unpaired) electrons. The van der Waals surface area contributed by atoms with E-state index < -0.39 is 17.6 Å². The maximum absolute atomic E-state index is 13.3. The first kappa shape index (κ1) is 18.0. The Balaban J connectivity index is 2.05. The highest BCUT2D eigenvalue weighted by Gasteiger charge is 2.35. The van der Waals surface area contributed by atoms with Crippen LogP contribution in [-0.4, -0.2) is 18.0 Å². The number of nitrogen functional groups attached to an aromatic ring is 1. The number of fused-ring (bicyclic) bond motifs is 1. The molecule has 0 bridgehead atoms. The summed E-state index contributed by atoms with van der Waals surface area (Å²) in [6, 6.07) is 7.52. The number of hydrogen-bond acceptors (Lipinski definition) is 5. The van der Waals surface area contributed by atoms with Crippen LogP contribution >= 0.6 is 11.3 Å². The van der Waals surface area contributed by atoms with Crippen LogP contribution < -0.4 is 15.8 Å². The number of ether oxygens (including phenoxy) is 1. The number of thiophene rings is 1. The minimum Gasteiger partial charge on any atom is -0.497 e. The molecule has 5 nitrogen and oxygen atoms in total. The molecule has 3 rings (SSSR count). The van der Waals surface area contributed by atoms with E-state index in [2.05, 4.69) is 10.3 Å². The molecule has 2 heterocycles. The molecule has 0 unspecified atom stereocenters. The van der Waals surface area contributed by atoms with E-state index in [-0.39, 0.29) is 26.5 Å². The number of nitrogens with one attached hydrogen (secondary N) is 1. The SMILES string of the molecule is COc1cccc(NC(=O)c2sc3nc(C)cc(C(F)(F)F)c3c2N)c1. The van der Waals surface area contributed by atoms with Gasteiger partial charge in [-0.15, -0.1) is 11.3 Å². The molecule has 3 aromatic rings. The monoisotopic (exact) mass is 381 g/mol. The number of carbonyl (C=O) groups is 1. The third-order valence-corrected chi connectivity index (χ3v) is 4.76. The summed E-state index contributed by atoms with van der Waals surface area (Å²) in [5.74, 6) is -0.0757. The minimum absolute atomic E-state index is 0.0218. The lowest BCUT2D eigenvalue weighted by Crippen LogP contribution is -2.12. The van der Waals surface area contributed by atoms with Crippen molar-refractivity contribution >= 4 is 38.8 Å². The molecular formula is C17H14F3N3O2S. The van der Waals surface area contributed by atoms with Gasteiger partial charge in [0.25, 0.3) is 5.91 Å². The molecule has 2 aromatic heterocycles. The number of methoxy groups -OCH3 is 1. The van der Waals surface area contributed by atoms with Gasteiger partial charge in [-0.2, -0.15) is 13.2 Å². The number of hydrogen-bond donors (Lipinski definition) is 2. The van der Waals surface area contributed by atoms with Gasteiger partial charge in [-0.05, 0) is 25.1 Å². The second kappa shape index (κ2) is 6.49. The van der Waals surface area contributed by atoms with Gasteiger partial charge in [-0.25, -0.2) is 4.98 Å². The fourth-order valence-corrected chi connectivity index (χ4v) is 3.59. The predicted octanol–water partition coefficient (Wildman–Crippen LogP) is 4.47. The van der Waals surface area contributed by atoms with E-state index in [0.29, 0.717) is 11.4 Å². The molecular weight excluding hydrogens is 367 g/mol. The Morgan fingerprint density at radius 3 is 2.69 bits per heavy atom. The molecule has 1 aromatic carbocycles. The second-order valence-corrected chi connectivity index (χ2v) is 6.52. The third kappa shape index (κ3) is 3.30. The molecule has 0 atom stereocenters. The van der Waals surface area contributed by atoms with Gasteiger partial charge in [0.05, 0.1) is 18.4 Å². The zero-order valence-electron chi connectivity index (χ0n) is 13.8.